The van der Waals surface area contributed by atoms with Crippen LogP contribution in [0.25, 0.3) is 0 Å². The second kappa shape index (κ2) is 5.86. The van der Waals surface area contributed by atoms with Crippen LogP contribution in [0.4, 0.5) is 4.79 Å². The molecule has 0 aliphatic carbocycles. The smallest absolute Gasteiger partial charge is 0.315 e. The molecule has 0 radical (unpaired) electrons. The summed E-state index contributed by atoms with van der Waals surface area (Å²) in [5.41, 5.74) is 0. The normalized spacial score (nSPS) is 23.1. The molecule has 1 aliphatic rings. The van der Waals surface area contributed by atoms with E-state index in [1.165, 1.54) is 13.0 Å². The van der Waals surface area contributed by atoms with Crippen molar-refractivity contribution in [1.82, 2.24) is 15.5 Å². The van der Waals surface area contributed by atoms with Crippen LogP contribution in [0.1, 0.15) is 26.7 Å². The van der Waals surface area contributed by atoms with Gasteiger partial charge in [0.15, 0.2) is 0 Å². The molecule has 1 saturated heterocycles. The lowest BCUT2D eigenvalue weighted by atomic mass is 10.1. The van der Waals surface area contributed by atoms with E-state index in [-0.39, 0.29) is 6.03 Å². The predicted octanol–water partition coefficient (Wildman–Crippen LogP) is 0.790. The Morgan fingerprint density at radius 2 is 2.29 bits per heavy atom. The van der Waals surface area contributed by atoms with Crippen molar-refractivity contribution in [2.45, 2.75) is 32.7 Å². The number of likely N-dealkylation sites (tertiary alicyclic amines) is 1. The number of hydrogen-bond donors (Lipinski definition) is 2. The van der Waals surface area contributed by atoms with E-state index < -0.39 is 0 Å². The number of carbonyl (C=O) groups is 1. The number of amides is 2. The largest absolute Gasteiger partial charge is 0.338 e. The van der Waals surface area contributed by atoms with Gasteiger partial charge in [0.25, 0.3) is 0 Å². The number of piperidine rings is 1. The summed E-state index contributed by atoms with van der Waals surface area (Å²) in [4.78, 5) is 13.6. The molecule has 0 aromatic rings. The van der Waals surface area contributed by atoms with Crippen molar-refractivity contribution in [2.24, 2.45) is 0 Å². The first-order valence-electron chi connectivity index (χ1n) is 5.53. The Morgan fingerprint density at radius 1 is 1.50 bits per heavy atom. The van der Waals surface area contributed by atoms with Gasteiger partial charge >= 0.3 is 6.03 Å². The summed E-state index contributed by atoms with van der Waals surface area (Å²) in [6.07, 6.45) is 2.29. The highest BCUT2D eigenvalue weighted by molar-refractivity contribution is 5.74. The number of carbonyl (C=O) groups excluding carboxylic acids is 1. The second-order valence-electron chi connectivity index (χ2n) is 3.74. The highest BCUT2D eigenvalue weighted by Gasteiger charge is 2.19. The molecule has 4 heteroatoms. The first-order valence-corrected chi connectivity index (χ1v) is 5.53. The summed E-state index contributed by atoms with van der Waals surface area (Å²) >= 11 is 0. The molecule has 0 spiro atoms. The Morgan fingerprint density at radius 3 is 2.93 bits per heavy atom. The summed E-state index contributed by atoms with van der Waals surface area (Å²) in [6, 6.07) is 0.297. The molecule has 4 nitrogen and oxygen atoms in total. The zero-order valence-electron chi connectivity index (χ0n) is 9.18. The second-order valence-corrected chi connectivity index (χ2v) is 3.74. The fourth-order valence-electron chi connectivity index (χ4n) is 1.86. The van der Waals surface area contributed by atoms with E-state index in [9.17, 15) is 4.79 Å². The average Bonchev–Trinajstić information content (AvgIpc) is 2.18. The molecule has 1 rings (SSSR count). The zero-order valence-corrected chi connectivity index (χ0v) is 9.18. The molecule has 1 atom stereocenters. The molecule has 0 aromatic heterocycles. The van der Waals surface area contributed by atoms with E-state index in [0.29, 0.717) is 12.6 Å². The van der Waals surface area contributed by atoms with Crippen LogP contribution in [-0.4, -0.2) is 43.2 Å². The van der Waals surface area contributed by atoms with E-state index in [1.807, 2.05) is 6.92 Å². The van der Waals surface area contributed by atoms with Gasteiger partial charge in [-0.2, -0.15) is 0 Å². The Labute approximate surface area is 86.0 Å². The molecule has 2 amide bonds. The fraction of sp³-hybridized carbons (Fsp3) is 0.900. The van der Waals surface area contributed by atoms with Crippen LogP contribution in [0.2, 0.25) is 0 Å². The summed E-state index contributed by atoms with van der Waals surface area (Å²) in [5.74, 6) is 0. The van der Waals surface area contributed by atoms with Crippen LogP contribution in [-0.2, 0) is 0 Å². The minimum absolute atomic E-state index is 0.0320. The minimum Gasteiger partial charge on any atom is -0.338 e. The molecule has 14 heavy (non-hydrogen) atoms. The number of hydrogen-bond acceptors (Lipinski definition) is 2. The van der Waals surface area contributed by atoms with Gasteiger partial charge in [-0.05, 0) is 32.9 Å². The van der Waals surface area contributed by atoms with Crippen molar-refractivity contribution in [2.75, 3.05) is 26.2 Å². The SMILES string of the molecule is CCNC(=O)NC1CCCN(CC)C1. The Kier molecular flexibility index (Phi) is 4.73. The van der Waals surface area contributed by atoms with Gasteiger partial charge in [0.1, 0.15) is 0 Å². The van der Waals surface area contributed by atoms with Crippen LogP contribution in [0.5, 0.6) is 0 Å². The lowest BCUT2D eigenvalue weighted by molar-refractivity contribution is 0.192. The number of urea groups is 1. The molecule has 2 N–H and O–H groups in total. The minimum atomic E-state index is -0.0320. The molecule has 0 saturated carbocycles. The lowest BCUT2D eigenvalue weighted by Crippen LogP contribution is -2.50. The highest BCUT2D eigenvalue weighted by Crippen LogP contribution is 2.08. The Bertz CT molecular complexity index is 184. The quantitative estimate of drug-likeness (QED) is 0.706. The van der Waals surface area contributed by atoms with E-state index in [1.54, 1.807) is 0 Å². The van der Waals surface area contributed by atoms with Gasteiger partial charge in [-0.1, -0.05) is 6.92 Å². The van der Waals surface area contributed by atoms with Crippen molar-refractivity contribution in [3.8, 4) is 0 Å². The summed E-state index contributed by atoms with van der Waals surface area (Å²) in [5, 5.41) is 5.75. The average molecular weight is 199 g/mol. The Balaban J connectivity index is 2.26. The molecular formula is C10H21N3O. The van der Waals surface area contributed by atoms with Crippen LogP contribution in [0.3, 0.4) is 0 Å². The van der Waals surface area contributed by atoms with Gasteiger partial charge in [-0.15, -0.1) is 0 Å². The van der Waals surface area contributed by atoms with Crippen molar-refractivity contribution in [3.63, 3.8) is 0 Å². The summed E-state index contributed by atoms with van der Waals surface area (Å²) < 4.78 is 0. The monoisotopic (exact) mass is 199 g/mol. The van der Waals surface area contributed by atoms with Crippen molar-refractivity contribution < 1.29 is 4.79 Å². The maximum Gasteiger partial charge on any atom is 0.315 e. The van der Waals surface area contributed by atoms with Crippen LogP contribution >= 0.6 is 0 Å². The van der Waals surface area contributed by atoms with Crippen molar-refractivity contribution >= 4 is 6.03 Å². The van der Waals surface area contributed by atoms with Crippen LogP contribution < -0.4 is 10.6 Å². The molecule has 0 aromatic carbocycles. The molecule has 1 unspecified atom stereocenters. The summed E-state index contributed by atoms with van der Waals surface area (Å²) in [7, 11) is 0. The highest BCUT2D eigenvalue weighted by atomic mass is 16.2. The third-order valence-electron chi connectivity index (χ3n) is 2.63. The van der Waals surface area contributed by atoms with Gasteiger partial charge in [-0.3, -0.25) is 0 Å². The van der Waals surface area contributed by atoms with Gasteiger partial charge in [0.2, 0.25) is 0 Å². The number of nitrogens with one attached hydrogen (secondary N) is 2. The summed E-state index contributed by atoms with van der Waals surface area (Å²) in [6.45, 7) is 8.02. The van der Waals surface area contributed by atoms with Gasteiger partial charge in [-0.25, -0.2) is 4.79 Å². The van der Waals surface area contributed by atoms with Gasteiger partial charge < -0.3 is 15.5 Å². The molecule has 1 aliphatic heterocycles. The molecule has 1 fully saturated rings. The number of nitrogens with zero attached hydrogens (tertiary/aromatic N) is 1. The maximum atomic E-state index is 11.3. The first kappa shape index (κ1) is 11.3. The molecular weight excluding hydrogens is 178 g/mol. The lowest BCUT2D eigenvalue weighted by Gasteiger charge is -2.32. The molecule has 1 heterocycles. The topological polar surface area (TPSA) is 44.4 Å². The third-order valence-corrected chi connectivity index (χ3v) is 2.63. The molecule has 82 valence electrons. The Hall–Kier alpha value is -0.770. The first-order chi connectivity index (χ1) is 6.76. The van der Waals surface area contributed by atoms with E-state index in [2.05, 4.69) is 22.5 Å². The fourth-order valence-corrected chi connectivity index (χ4v) is 1.86. The van der Waals surface area contributed by atoms with Crippen molar-refractivity contribution in [1.29, 1.82) is 0 Å². The number of likely N-dealkylation sites (N-methyl/N-ethyl adjacent to an activating group) is 1. The third kappa shape index (κ3) is 3.54. The van der Waals surface area contributed by atoms with E-state index >= 15 is 0 Å². The number of rotatable bonds is 3. The van der Waals surface area contributed by atoms with Crippen LogP contribution in [0, 0.1) is 0 Å². The molecule has 0 bridgehead atoms. The van der Waals surface area contributed by atoms with Crippen molar-refractivity contribution in [3.05, 3.63) is 0 Å². The van der Waals surface area contributed by atoms with E-state index in [4.69, 9.17) is 0 Å². The maximum absolute atomic E-state index is 11.3. The zero-order chi connectivity index (χ0) is 10.4. The van der Waals surface area contributed by atoms with Crippen LogP contribution in [0.15, 0.2) is 0 Å². The van der Waals surface area contributed by atoms with Gasteiger partial charge in [0.05, 0.1) is 0 Å². The van der Waals surface area contributed by atoms with Gasteiger partial charge in [0, 0.05) is 19.1 Å². The predicted molar refractivity (Wildman–Crippen MR) is 57.3 cm³/mol. The standard InChI is InChI=1S/C10H21N3O/c1-3-11-10(14)12-9-6-5-7-13(4-2)8-9/h9H,3-8H2,1-2H3,(H2,11,12,14). The van der Waals surface area contributed by atoms with E-state index in [0.717, 1.165) is 19.5 Å².